The van der Waals surface area contributed by atoms with Crippen LogP contribution in [0.3, 0.4) is 0 Å². The van der Waals surface area contributed by atoms with Crippen LogP contribution in [0.5, 0.6) is 0 Å². The van der Waals surface area contributed by atoms with Gasteiger partial charge >= 0.3 is 6.36 Å². The minimum absolute atomic E-state index is 0.0733. The number of hydrogen-bond donors (Lipinski definition) is 0. The normalized spacial score (nSPS) is 15.0. The highest BCUT2D eigenvalue weighted by atomic mass is 35.5. The average molecular weight is 220 g/mol. The van der Waals surface area contributed by atoms with Crippen molar-refractivity contribution in [2.24, 2.45) is 0 Å². The smallest absolute Gasteiger partial charge is 0.303 e. The van der Waals surface area contributed by atoms with Crippen LogP contribution in [0.2, 0.25) is 0 Å². The fraction of sp³-hybridized carbons (Fsp3) is 1.00. The summed E-state index contributed by atoms with van der Waals surface area (Å²) in [7, 11) is 1.69. The number of halogens is 4. The van der Waals surface area contributed by atoms with Crippen LogP contribution in [-0.4, -0.2) is 43.4 Å². The second-order valence-corrected chi connectivity index (χ2v) is 3.58. The van der Waals surface area contributed by atoms with E-state index in [9.17, 15) is 13.2 Å². The van der Waals surface area contributed by atoms with Crippen molar-refractivity contribution in [1.82, 2.24) is 4.90 Å². The predicted octanol–water partition coefficient (Wildman–Crippen LogP) is 2.08. The summed E-state index contributed by atoms with van der Waals surface area (Å²) in [6, 6.07) is 0. The Balaban J connectivity index is 3.42. The fourth-order valence-electron chi connectivity index (χ4n) is 0.838. The molecule has 0 aromatic carbocycles. The fourth-order valence-corrected chi connectivity index (χ4v) is 1.07. The predicted molar refractivity (Wildman–Crippen MR) is 44.8 cm³/mol. The first-order valence-corrected chi connectivity index (χ1v) is 4.28. The Morgan fingerprint density at radius 2 is 2.00 bits per heavy atom. The summed E-state index contributed by atoms with van der Waals surface area (Å²) in [5.41, 5.74) is 0. The molecule has 0 aliphatic heterocycles. The van der Waals surface area contributed by atoms with Crippen molar-refractivity contribution in [2.45, 2.75) is 18.7 Å². The summed E-state index contributed by atoms with van der Waals surface area (Å²) in [5.74, 6) is 0. The van der Waals surface area contributed by atoms with Gasteiger partial charge < -0.3 is 4.90 Å². The van der Waals surface area contributed by atoms with Crippen LogP contribution in [0, 0.1) is 0 Å². The van der Waals surface area contributed by atoms with Crippen molar-refractivity contribution in [3.05, 3.63) is 0 Å². The molecule has 0 aliphatic rings. The molecule has 0 amide bonds. The van der Waals surface area contributed by atoms with Gasteiger partial charge in [0, 0.05) is 18.5 Å². The summed E-state index contributed by atoms with van der Waals surface area (Å²) in [6.45, 7) is 2.19. The molecule has 13 heavy (non-hydrogen) atoms. The van der Waals surface area contributed by atoms with E-state index in [0.717, 1.165) is 0 Å². The highest BCUT2D eigenvalue weighted by Crippen LogP contribution is 2.15. The zero-order valence-corrected chi connectivity index (χ0v) is 8.32. The van der Waals surface area contributed by atoms with E-state index in [1.807, 2.05) is 0 Å². The molecule has 0 fully saturated rings. The molecule has 0 aromatic rings. The third-order valence-corrected chi connectivity index (χ3v) is 1.44. The molecule has 0 saturated carbocycles. The molecule has 0 bridgehead atoms. The molecular weight excluding hydrogens is 207 g/mol. The summed E-state index contributed by atoms with van der Waals surface area (Å²) in [4.78, 5) is 1.68. The van der Waals surface area contributed by atoms with Crippen molar-refractivity contribution in [1.29, 1.82) is 0 Å². The monoisotopic (exact) mass is 219 g/mol. The van der Waals surface area contributed by atoms with Crippen LogP contribution in [0.4, 0.5) is 13.2 Å². The van der Waals surface area contributed by atoms with Gasteiger partial charge in [0.05, 0.1) is 6.61 Å². The van der Waals surface area contributed by atoms with E-state index < -0.39 is 6.36 Å². The van der Waals surface area contributed by atoms with Gasteiger partial charge in [-0.2, -0.15) is 0 Å². The quantitative estimate of drug-likeness (QED) is 0.657. The molecule has 0 heterocycles. The molecule has 80 valence electrons. The van der Waals surface area contributed by atoms with Crippen LogP contribution >= 0.6 is 11.6 Å². The van der Waals surface area contributed by atoms with E-state index in [1.54, 1.807) is 18.9 Å². The zero-order valence-electron chi connectivity index (χ0n) is 7.57. The van der Waals surface area contributed by atoms with Gasteiger partial charge in [-0.15, -0.1) is 24.8 Å². The third kappa shape index (κ3) is 9.92. The summed E-state index contributed by atoms with van der Waals surface area (Å²) >= 11 is 5.64. The van der Waals surface area contributed by atoms with E-state index in [-0.39, 0.29) is 18.5 Å². The lowest BCUT2D eigenvalue weighted by molar-refractivity contribution is -0.324. The van der Waals surface area contributed by atoms with Gasteiger partial charge in [0.1, 0.15) is 0 Å². The van der Waals surface area contributed by atoms with Crippen LogP contribution < -0.4 is 0 Å². The molecule has 1 atom stereocenters. The largest absolute Gasteiger partial charge is 0.522 e. The molecule has 0 aliphatic carbocycles. The first-order chi connectivity index (χ1) is 5.81. The Kier molecular flexibility index (Phi) is 5.67. The SMILES string of the molecule is CC(Cl)CN(C)CCOC(F)(F)F. The summed E-state index contributed by atoms with van der Waals surface area (Å²) in [6.07, 6.45) is -4.53. The first-order valence-electron chi connectivity index (χ1n) is 3.84. The van der Waals surface area contributed by atoms with Gasteiger partial charge in [-0.25, -0.2) is 0 Å². The topological polar surface area (TPSA) is 12.5 Å². The highest BCUT2D eigenvalue weighted by molar-refractivity contribution is 6.20. The van der Waals surface area contributed by atoms with E-state index >= 15 is 0 Å². The Morgan fingerprint density at radius 3 is 2.38 bits per heavy atom. The van der Waals surface area contributed by atoms with Gasteiger partial charge in [0.15, 0.2) is 0 Å². The summed E-state index contributed by atoms with van der Waals surface area (Å²) < 4.78 is 38.1. The van der Waals surface area contributed by atoms with Crippen LogP contribution in [-0.2, 0) is 4.74 Å². The van der Waals surface area contributed by atoms with Gasteiger partial charge in [0.2, 0.25) is 0 Å². The van der Waals surface area contributed by atoms with Crippen molar-refractivity contribution >= 4 is 11.6 Å². The lowest BCUT2D eigenvalue weighted by Crippen LogP contribution is -2.30. The van der Waals surface area contributed by atoms with Crippen LogP contribution in [0.25, 0.3) is 0 Å². The molecule has 0 spiro atoms. The minimum atomic E-state index is -4.53. The van der Waals surface area contributed by atoms with Gasteiger partial charge in [-0.05, 0) is 14.0 Å². The zero-order chi connectivity index (χ0) is 10.5. The molecule has 0 rings (SSSR count). The van der Waals surface area contributed by atoms with Gasteiger partial charge in [-0.3, -0.25) is 4.74 Å². The highest BCUT2D eigenvalue weighted by Gasteiger charge is 2.28. The number of nitrogens with zero attached hydrogens (tertiary/aromatic N) is 1. The molecule has 0 radical (unpaired) electrons. The van der Waals surface area contributed by atoms with E-state index in [1.165, 1.54) is 0 Å². The number of alkyl halides is 4. The lowest BCUT2D eigenvalue weighted by Gasteiger charge is -2.18. The second kappa shape index (κ2) is 5.67. The number of ether oxygens (including phenoxy) is 1. The molecule has 0 saturated heterocycles. The Morgan fingerprint density at radius 1 is 1.46 bits per heavy atom. The Labute approximate surface area is 80.6 Å². The van der Waals surface area contributed by atoms with Crippen molar-refractivity contribution < 1.29 is 17.9 Å². The molecule has 1 unspecified atom stereocenters. The average Bonchev–Trinajstić information content (AvgIpc) is 1.81. The maximum Gasteiger partial charge on any atom is 0.522 e. The van der Waals surface area contributed by atoms with E-state index in [4.69, 9.17) is 11.6 Å². The number of rotatable bonds is 5. The molecule has 0 aromatic heterocycles. The third-order valence-electron chi connectivity index (χ3n) is 1.30. The lowest BCUT2D eigenvalue weighted by atomic mass is 10.4. The van der Waals surface area contributed by atoms with E-state index in [2.05, 4.69) is 4.74 Å². The van der Waals surface area contributed by atoms with Gasteiger partial charge in [-0.1, -0.05) is 0 Å². The molecular formula is C7H13ClF3NO. The van der Waals surface area contributed by atoms with Crippen LogP contribution in [0.15, 0.2) is 0 Å². The van der Waals surface area contributed by atoms with E-state index in [0.29, 0.717) is 6.54 Å². The number of likely N-dealkylation sites (N-methyl/N-ethyl adjacent to an activating group) is 1. The van der Waals surface area contributed by atoms with Crippen molar-refractivity contribution in [2.75, 3.05) is 26.7 Å². The molecule has 0 N–H and O–H groups in total. The standard InChI is InChI=1S/C7H13ClF3NO/c1-6(8)5-12(2)3-4-13-7(9,10)11/h6H,3-5H2,1-2H3. The molecule has 2 nitrogen and oxygen atoms in total. The minimum Gasteiger partial charge on any atom is -0.303 e. The van der Waals surface area contributed by atoms with Crippen LogP contribution in [0.1, 0.15) is 6.92 Å². The number of hydrogen-bond acceptors (Lipinski definition) is 2. The Hall–Kier alpha value is -0.0000000000000000555. The van der Waals surface area contributed by atoms with Crippen molar-refractivity contribution in [3.8, 4) is 0 Å². The van der Waals surface area contributed by atoms with Gasteiger partial charge in [0.25, 0.3) is 0 Å². The first kappa shape index (κ1) is 13.0. The summed E-state index contributed by atoms with van der Waals surface area (Å²) in [5, 5.41) is -0.0733. The molecule has 6 heteroatoms. The second-order valence-electron chi connectivity index (χ2n) is 2.84. The maximum atomic E-state index is 11.5. The maximum absolute atomic E-state index is 11.5. The van der Waals surface area contributed by atoms with Crippen molar-refractivity contribution in [3.63, 3.8) is 0 Å². The Bertz CT molecular complexity index is 140.